The third-order valence-corrected chi connectivity index (χ3v) is 6.39. The van der Waals surface area contributed by atoms with Crippen molar-refractivity contribution < 1.29 is 13.2 Å². The lowest BCUT2D eigenvalue weighted by Gasteiger charge is -2.37. The number of sulfone groups is 1. The number of carbonyl (C=O) groups excluding carboxylic acids is 1. The van der Waals surface area contributed by atoms with Gasteiger partial charge in [0.25, 0.3) is 5.91 Å². The van der Waals surface area contributed by atoms with Gasteiger partial charge in [-0.2, -0.15) is 0 Å². The summed E-state index contributed by atoms with van der Waals surface area (Å²) in [6.45, 7) is 3.11. The molecule has 1 aliphatic heterocycles. The molecule has 1 aromatic heterocycles. The molecule has 0 unspecified atom stereocenters. The molecule has 0 spiro atoms. The number of rotatable bonds is 3. The number of hydrogen-bond acceptors (Lipinski definition) is 3. The van der Waals surface area contributed by atoms with Crippen molar-refractivity contribution in [3.05, 3.63) is 89.2 Å². The molecule has 5 nitrogen and oxygen atoms in total. The zero-order chi connectivity index (χ0) is 19.9. The van der Waals surface area contributed by atoms with Crippen molar-refractivity contribution in [1.82, 2.24) is 9.47 Å². The summed E-state index contributed by atoms with van der Waals surface area (Å²) >= 11 is 0. The normalized spacial score (nSPS) is 16.6. The van der Waals surface area contributed by atoms with Crippen LogP contribution in [0.15, 0.2) is 71.8 Å². The molecule has 144 valence electrons. The van der Waals surface area contributed by atoms with Gasteiger partial charge in [-0.3, -0.25) is 4.79 Å². The molecule has 0 aliphatic carbocycles. The highest BCUT2D eigenvalue weighted by Gasteiger charge is 2.33. The fraction of sp³-hybridized carbons (Fsp3) is 0.227. The van der Waals surface area contributed by atoms with Crippen LogP contribution in [0.3, 0.4) is 0 Å². The van der Waals surface area contributed by atoms with Crippen molar-refractivity contribution in [1.29, 1.82) is 0 Å². The van der Waals surface area contributed by atoms with E-state index in [1.807, 2.05) is 60.5 Å². The van der Waals surface area contributed by atoms with Gasteiger partial charge in [0.2, 0.25) is 0 Å². The van der Waals surface area contributed by atoms with Crippen molar-refractivity contribution in [3.8, 4) is 0 Å². The average Bonchev–Trinajstić information content (AvgIpc) is 3.15. The number of hydrogen-bond donors (Lipinski definition) is 0. The molecule has 1 atom stereocenters. The monoisotopic (exact) mass is 394 g/mol. The largest absolute Gasteiger partial charge is 0.348 e. The highest BCUT2D eigenvalue weighted by Crippen LogP contribution is 2.34. The maximum atomic E-state index is 13.5. The quantitative estimate of drug-likeness (QED) is 0.684. The Kier molecular flexibility index (Phi) is 4.59. The molecule has 0 N–H and O–H groups in total. The maximum Gasteiger partial charge on any atom is 0.255 e. The smallest absolute Gasteiger partial charge is 0.255 e. The number of nitrogens with zero attached hydrogens (tertiary/aromatic N) is 2. The van der Waals surface area contributed by atoms with E-state index in [0.717, 1.165) is 23.1 Å². The molecular formula is C22H22N2O3S. The molecule has 1 aliphatic rings. The summed E-state index contributed by atoms with van der Waals surface area (Å²) in [5.74, 6) is -0.149. The second-order valence-corrected chi connectivity index (χ2v) is 9.20. The van der Waals surface area contributed by atoms with Crippen molar-refractivity contribution in [2.45, 2.75) is 24.4 Å². The molecule has 28 heavy (non-hydrogen) atoms. The second kappa shape index (κ2) is 6.95. The molecule has 4 rings (SSSR count). The van der Waals surface area contributed by atoms with E-state index in [0.29, 0.717) is 18.7 Å². The predicted octanol–water partition coefficient (Wildman–Crippen LogP) is 3.45. The Labute approximate surface area is 165 Å². The molecule has 0 bridgehead atoms. The Morgan fingerprint density at radius 1 is 1.00 bits per heavy atom. The molecule has 0 saturated carbocycles. The van der Waals surface area contributed by atoms with Crippen molar-refractivity contribution in [3.63, 3.8) is 0 Å². The Morgan fingerprint density at radius 2 is 1.75 bits per heavy atom. The number of aromatic nitrogens is 1. The molecule has 0 radical (unpaired) electrons. The number of carbonyl (C=O) groups is 1. The highest BCUT2D eigenvalue weighted by molar-refractivity contribution is 7.90. The van der Waals surface area contributed by atoms with Crippen LogP contribution >= 0.6 is 0 Å². The Bertz CT molecular complexity index is 1130. The van der Waals surface area contributed by atoms with Crippen LogP contribution in [0.1, 0.15) is 33.2 Å². The van der Waals surface area contributed by atoms with E-state index in [4.69, 9.17) is 0 Å². The molecule has 1 amide bonds. The molecule has 2 heterocycles. The van der Waals surface area contributed by atoms with Crippen LogP contribution in [0, 0.1) is 6.92 Å². The zero-order valence-corrected chi connectivity index (χ0v) is 16.7. The van der Waals surface area contributed by atoms with Crippen LogP contribution in [-0.2, 0) is 16.4 Å². The summed E-state index contributed by atoms with van der Waals surface area (Å²) in [5, 5.41) is 0. The van der Waals surface area contributed by atoms with Gasteiger partial charge < -0.3 is 9.47 Å². The summed E-state index contributed by atoms with van der Waals surface area (Å²) in [4.78, 5) is 15.5. The van der Waals surface area contributed by atoms with E-state index < -0.39 is 9.84 Å². The Hall–Kier alpha value is -2.86. The van der Waals surface area contributed by atoms with Crippen LogP contribution in [0.5, 0.6) is 0 Å². The first-order chi connectivity index (χ1) is 13.4. The minimum atomic E-state index is -3.39. The van der Waals surface area contributed by atoms with Gasteiger partial charge in [0.05, 0.1) is 10.9 Å². The minimum absolute atomic E-state index is 0.149. The number of amides is 1. The van der Waals surface area contributed by atoms with Crippen molar-refractivity contribution in [2.24, 2.45) is 0 Å². The summed E-state index contributed by atoms with van der Waals surface area (Å²) in [6.07, 6.45) is 3.19. The fourth-order valence-corrected chi connectivity index (χ4v) is 4.45. The van der Waals surface area contributed by atoms with Gasteiger partial charge in [-0.05, 0) is 42.3 Å². The topological polar surface area (TPSA) is 59.4 Å². The van der Waals surface area contributed by atoms with Crippen LogP contribution in [0.2, 0.25) is 0 Å². The Morgan fingerprint density at radius 3 is 2.46 bits per heavy atom. The van der Waals surface area contributed by atoms with Gasteiger partial charge in [-0.25, -0.2) is 8.42 Å². The molecule has 6 heteroatoms. The average molecular weight is 394 g/mol. The van der Waals surface area contributed by atoms with Crippen LogP contribution in [0.25, 0.3) is 0 Å². The van der Waals surface area contributed by atoms with Gasteiger partial charge in [0, 0.05) is 36.8 Å². The van der Waals surface area contributed by atoms with Gasteiger partial charge in [-0.15, -0.1) is 0 Å². The van der Waals surface area contributed by atoms with E-state index in [2.05, 4.69) is 4.57 Å². The number of aryl methyl sites for hydroxylation is 1. The predicted molar refractivity (Wildman–Crippen MR) is 108 cm³/mol. The number of fused-ring (bicyclic) bond motifs is 1. The van der Waals surface area contributed by atoms with Crippen molar-refractivity contribution in [2.75, 3.05) is 12.8 Å². The number of benzene rings is 2. The molecule has 3 aromatic rings. The van der Waals surface area contributed by atoms with E-state index in [9.17, 15) is 13.2 Å². The van der Waals surface area contributed by atoms with Crippen LogP contribution in [0.4, 0.5) is 0 Å². The van der Waals surface area contributed by atoms with Gasteiger partial charge in [0.15, 0.2) is 9.84 Å². The first-order valence-corrected chi connectivity index (χ1v) is 11.1. The van der Waals surface area contributed by atoms with E-state index in [1.54, 1.807) is 12.1 Å². The van der Waals surface area contributed by atoms with Crippen LogP contribution < -0.4 is 0 Å². The van der Waals surface area contributed by atoms with E-state index in [-0.39, 0.29) is 16.8 Å². The summed E-state index contributed by atoms with van der Waals surface area (Å²) < 4.78 is 26.1. The van der Waals surface area contributed by atoms with E-state index in [1.165, 1.54) is 6.07 Å². The molecule has 0 fully saturated rings. The second-order valence-electron chi connectivity index (χ2n) is 7.19. The first-order valence-electron chi connectivity index (χ1n) is 9.18. The van der Waals surface area contributed by atoms with Crippen LogP contribution in [-0.4, -0.2) is 36.6 Å². The minimum Gasteiger partial charge on any atom is -0.348 e. The van der Waals surface area contributed by atoms with E-state index >= 15 is 0 Å². The standard InChI is InChI=1S/C22H22N2O3S/c1-16-10-11-18(28(2,26)27)15-19(16)22(25)24-14-13-23-12-6-9-20(23)21(24)17-7-4-3-5-8-17/h3-12,15,21H,13-14H2,1-2H3/t21-/m0/s1. The maximum absolute atomic E-state index is 13.5. The summed E-state index contributed by atoms with van der Waals surface area (Å²) in [5.41, 5.74) is 3.30. The molecule has 2 aromatic carbocycles. The fourth-order valence-electron chi connectivity index (χ4n) is 3.81. The lowest BCUT2D eigenvalue weighted by molar-refractivity contribution is 0.0663. The molecular weight excluding hydrogens is 372 g/mol. The Balaban J connectivity index is 1.81. The van der Waals surface area contributed by atoms with Gasteiger partial charge >= 0.3 is 0 Å². The third-order valence-electron chi connectivity index (χ3n) is 5.28. The summed E-state index contributed by atoms with van der Waals surface area (Å²) in [6, 6.07) is 18.5. The van der Waals surface area contributed by atoms with Gasteiger partial charge in [0.1, 0.15) is 0 Å². The highest BCUT2D eigenvalue weighted by atomic mass is 32.2. The lowest BCUT2D eigenvalue weighted by atomic mass is 9.98. The molecule has 0 saturated heterocycles. The SMILES string of the molecule is Cc1ccc(S(C)(=O)=O)cc1C(=O)N1CCn2cccc2[C@@H]1c1ccccc1. The first kappa shape index (κ1) is 18.5. The lowest BCUT2D eigenvalue weighted by Crippen LogP contribution is -2.42. The summed E-state index contributed by atoms with van der Waals surface area (Å²) in [7, 11) is -3.39. The van der Waals surface area contributed by atoms with Crippen molar-refractivity contribution >= 4 is 15.7 Å². The zero-order valence-electron chi connectivity index (χ0n) is 15.9. The third kappa shape index (κ3) is 3.24. The van der Waals surface area contributed by atoms with Gasteiger partial charge in [-0.1, -0.05) is 36.4 Å².